The number of aliphatic carboxylic acids is 1. The fourth-order valence-electron chi connectivity index (χ4n) is 3.42. The predicted molar refractivity (Wildman–Crippen MR) is 86.1 cm³/mol. The van der Waals surface area contributed by atoms with Crippen LogP contribution in [0.15, 0.2) is 24.3 Å². The number of nitrogens with zero attached hydrogens (tertiary/aromatic N) is 3. The maximum atomic E-state index is 13.0. The minimum absolute atomic E-state index is 0.0836. The molecule has 1 N–H and O–H groups in total. The van der Waals surface area contributed by atoms with Gasteiger partial charge in [-0.2, -0.15) is 0 Å². The molecule has 2 aliphatic heterocycles. The topological polar surface area (TPSA) is 113 Å². The van der Waals surface area contributed by atoms with Crippen LogP contribution in [0, 0.1) is 10.1 Å². The lowest BCUT2D eigenvalue weighted by atomic mass is 9.97. The zero-order valence-corrected chi connectivity index (χ0v) is 13.8. The minimum atomic E-state index is -1.14. The molecule has 0 bridgehead atoms. The summed E-state index contributed by atoms with van der Waals surface area (Å²) >= 11 is 0. The third kappa shape index (κ3) is 3.08. The first-order chi connectivity index (χ1) is 11.8. The van der Waals surface area contributed by atoms with Crippen LogP contribution in [0.4, 0.5) is 5.69 Å². The molecule has 134 valence electrons. The van der Waals surface area contributed by atoms with Gasteiger partial charge in [0.05, 0.1) is 11.5 Å². The Morgan fingerprint density at radius 3 is 2.64 bits per heavy atom. The quantitative estimate of drug-likeness (QED) is 0.638. The molecular weight excluding hydrogens is 330 g/mol. The van der Waals surface area contributed by atoms with Crippen molar-refractivity contribution in [1.82, 2.24) is 9.80 Å². The molecule has 1 atom stereocenters. The van der Waals surface area contributed by atoms with E-state index in [2.05, 4.69) is 4.90 Å². The van der Waals surface area contributed by atoms with E-state index in [0.717, 1.165) is 0 Å². The fourth-order valence-corrected chi connectivity index (χ4v) is 3.42. The summed E-state index contributed by atoms with van der Waals surface area (Å²) in [7, 11) is 1.95. The van der Waals surface area contributed by atoms with Gasteiger partial charge in [0.15, 0.2) is 6.04 Å². The monoisotopic (exact) mass is 349 g/mol. The van der Waals surface area contributed by atoms with Gasteiger partial charge in [0.1, 0.15) is 5.72 Å². The van der Waals surface area contributed by atoms with Crippen LogP contribution >= 0.6 is 0 Å². The maximum absolute atomic E-state index is 13.0. The molecule has 0 aromatic heterocycles. The third-order valence-electron chi connectivity index (χ3n) is 4.84. The first-order valence-electron chi connectivity index (χ1n) is 7.97. The van der Waals surface area contributed by atoms with Gasteiger partial charge < -0.3 is 14.7 Å². The number of likely N-dealkylation sites (tertiary alicyclic amines) is 1. The Morgan fingerprint density at radius 1 is 1.36 bits per heavy atom. The smallest absolute Gasteiger partial charge is 0.328 e. The first-order valence-corrected chi connectivity index (χ1v) is 7.97. The van der Waals surface area contributed by atoms with Crippen molar-refractivity contribution < 1.29 is 24.4 Å². The molecule has 9 heteroatoms. The Balaban J connectivity index is 1.97. The maximum Gasteiger partial charge on any atom is 0.328 e. The molecule has 2 aliphatic rings. The second-order valence-electron chi connectivity index (χ2n) is 6.40. The fraction of sp³-hybridized carbons (Fsp3) is 0.500. The van der Waals surface area contributed by atoms with Crippen LogP contribution in [0.3, 0.4) is 0 Å². The number of hydrogen-bond acceptors (Lipinski definition) is 6. The molecule has 0 aliphatic carbocycles. The van der Waals surface area contributed by atoms with E-state index in [-0.39, 0.29) is 17.9 Å². The van der Waals surface area contributed by atoms with Crippen LogP contribution in [0.5, 0.6) is 0 Å². The zero-order chi connectivity index (χ0) is 18.2. The summed E-state index contributed by atoms with van der Waals surface area (Å²) in [6, 6.07) is 4.23. The number of carbonyl (C=O) groups excluding carboxylic acids is 1. The van der Waals surface area contributed by atoms with Crippen LogP contribution in [0.2, 0.25) is 0 Å². The number of nitro groups is 1. The molecule has 1 aromatic rings. The summed E-state index contributed by atoms with van der Waals surface area (Å²) in [5.74, 6) is -1.70. The largest absolute Gasteiger partial charge is 0.480 e. The standard InChI is InChI=1S/C16H19N3O6/c1-17-7-5-16(6-8-17)18(13(10-25-16)15(21)22)14(20)11-3-2-4-12(9-11)19(23)24/h2-4,9,13H,5-8,10H2,1H3,(H,21,22). The highest BCUT2D eigenvalue weighted by atomic mass is 16.6. The van der Waals surface area contributed by atoms with E-state index in [9.17, 15) is 24.8 Å². The van der Waals surface area contributed by atoms with E-state index < -0.39 is 28.6 Å². The molecule has 1 amide bonds. The summed E-state index contributed by atoms with van der Waals surface area (Å²) in [4.78, 5) is 38.4. The number of hydrogen-bond donors (Lipinski definition) is 1. The Bertz CT molecular complexity index is 714. The molecule has 2 heterocycles. The third-order valence-corrected chi connectivity index (χ3v) is 4.84. The number of carboxylic acid groups (broad SMARTS) is 1. The van der Waals surface area contributed by atoms with Crippen molar-refractivity contribution in [1.29, 1.82) is 0 Å². The van der Waals surface area contributed by atoms with E-state index in [1.807, 2.05) is 7.05 Å². The van der Waals surface area contributed by atoms with Crippen molar-refractivity contribution in [2.24, 2.45) is 0 Å². The van der Waals surface area contributed by atoms with Gasteiger partial charge in [-0.1, -0.05) is 6.07 Å². The molecule has 0 radical (unpaired) electrons. The number of benzene rings is 1. The zero-order valence-electron chi connectivity index (χ0n) is 13.8. The van der Waals surface area contributed by atoms with Crippen molar-refractivity contribution in [3.63, 3.8) is 0 Å². The van der Waals surface area contributed by atoms with Crippen LogP contribution in [-0.2, 0) is 9.53 Å². The molecule has 0 saturated carbocycles. The highest BCUT2D eigenvalue weighted by Gasteiger charge is 2.53. The van der Waals surface area contributed by atoms with E-state index >= 15 is 0 Å². The average molecular weight is 349 g/mol. The SMILES string of the molecule is CN1CCC2(CC1)OCC(C(=O)O)N2C(=O)c1cccc([N+](=O)[O-])c1. The van der Waals surface area contributed by atoms with Crippen LogP contribution in [-0.4, -0.2) is 70.2 Å². The van der Waals surface area contributed by atoms with Crippen molar-refractivity contribution in [3.05, 3.63) is 39.9 Å². The lowest BCUT2D eigenvalue weighted by molar-refractivity contribution is -0.384. The molecule has 9 nitrogen and oxygen atoms in total. The second-order valence-corrected chi connectivity index (χ2v) is 6.40. The number of ether oxygens (including phenoxy) is 1. The van der Waals surface area contributed by atoms with Gasteiger partial charge in [-0.15, -0.1) is 0 Å². The van der Waals surface area contributed by atoms with Crippen LogP contribution in [0.1, 0.15) is 23.2 Å². The Labute approximate surface area is 143 Å². The summed E-state index contributed by atoms with van der Waals surface area (Å²) < 4.78 is 5.80. The van der Waals surface area contributed by atoms with Gasteiger partial charge in [0.25, 0.3) is 11.6 Å². The van der Waals surface area contributed by atoms with Gasteiger partial charge in [-0.05, 0) is 13.1 Å². The van der Waals surface area contributed by atoms with Gasteiger partial charge in [0, 0.05) is 43.6 Å². The number of amides is 1. The molecule has 1 spiro atoms. The predicted octanol–water partition coefficient (Wildman–Crippen LogP) is 0.942. The highest BCUT2D eigenvalue weighted by Crippen LogP contribution is 2.38. The lowest BCUT2D eigenvalue weighted by Gasteiger charge is -2.43. The minimum Gasteiger partial charge on any atom is -0.480 e. The van der Waals surface area contributed by atoms with Crippen molar-refractivity contribution in [2.45, 2.75) is 24.6 Å². The van der Waals surface area contributed by atoms with E-state index in [1.165, 1.54) is 29.2 Å². The highest BCUT2D eigenvalue weighted by molar-refractivity contribution is 5.98. The van der Waals surface area contributed by atoms with Crippen LogP contribution in [0.25, 0.3) is 0 Å². The molecule has 1 unspecified atom stereocenters. The summed E-state index contributed by atoms with van der Waals surface area (Å²) in [5, 5.41) is 20.5. The van der Waals surface area contributed by atoms with Gasteiger partial charge in [-0.25, -0.2) is 4.79 Å². The van der Waals surface area contributed by atoms with E-state index in [0.29, 0.717) is 25.9 Å². The van der Waals surface area contributed by atoms with E-state index in [1.54, 1.807) is 0 Å². The lowest BCUT2D eigenvalue weighted by Crippen LogP contribution is -2.57. The number of rotatable bonds is 3. The van der Waals surface area contributed by atoms with Crippen LogP contribution < -0.4 is 0 Å². The van der Waals surface area contributed by atoms with Crippen molar-refractivity contribution in [2.75, 3.05) is 26.7 Å². The molecule has 2 fully saturated rings. The first kappa shape index (κ1) is 17.3. The summed E-state index contributed by atoms with van der Waals surface area (Å²) in [6.45, 7) is 1.26. The number of carboxylic acids is 1. The normalized spacial score (nSPS) is 22.9. The van der Waals surface area contributed by atoms with E-state index in [4.69, 9.17) is 4.74 Å². The van der Waals surface area contributed by atoms with Crippen molar-refractivity contribution >= 4 is 17.6 Å². The average Bonchev–Trinajstić information content (AvgIpc) is 2.96. The molecule has 25 heavy (non-hydrogen) atoms. The van der Waals surface area contributed by atoms with Crippen molar-refractivity contribution in [3.8, 4) is 0 Å². The second kappa shape index (κ2) is 6.41. The number of piperidine rings is 1. The molecular formula is C16H19N3O6. The molecule has 2 saturated heterocycles. The van der Waals surface area contributed by atoms with Gasteiger partial charge >= 0.3 is 5.97 Å². The number of non-ortho nitro benzene ring substituents is 1. The van der Waals surface area contributed by atoms with Gasteiger partial charge in [-0.3, -0.25) is 19.8 Å². The Morgan fingerprint density at radius 2 is 2.04 bits per heavy atom. The Hall–Kier alpha value is -2.52. The number of nitro benzene ring substituents is 1. The molecule has 1 aromatic carbocycles. The van der Waals surface area contributed by atoms with Gasteiger partial charge in [0.2, 0.25) is 0 Å². The Kier molecular flexibility index (Phi) is 4.44. The summed E-state index contributed by atoms with van der Waals surface area (Å²) in [6.07, 6.45) is 0.988. The summed E-state index contributed by atoms with van der Waals surface area (Å²) in [5.41, 5.74) is -1.10. The number of carbonyl (C=O) groups is 2. The molecule has 3 rings (SSSR count).